The number of aliphatic hydroxyl groups excluding tert-OH is 1. The fourth-order valence-electron chi connectivity index (χ4n) is 12.9. The molecule has 3 unspecified atom stereocenters. The van der Waals surface area contributed by atoms with Gasteiger partial charge in [-0.25, -0.2) is 18.4 Å². The third-order valence-electron chi connectivity index (χ3n) is 16.6. The number of rotatable bonds is 26. The number of ketones is 2. The molecule has 7 aliphatic rings. The Labute approximate surface area is 437 Å². The Morgan fingerprint density at radius 3 is 2.27 bits per heavy atom. The summed E-state index contributed by atoms with van der Waals surface area (Å²) in [6.07, 6.45) is 8.01. The molecule has 16 nitrogen and oxygen atoms in total. The molecule has 7 rings (SSSR count). The predicted molar refractivity (Wildman–Crippen MR) is 272 cm³/mol. The maximum atomic E-state index is 17.8. The first-order chi connectivity index (χ1) is 34.8. The van der Waals surface area contributed by atoms with Crippen molar-refractivity contribution >= 4 is 51.2 Å². The number of nitrogens with one attached hydrogen (secondary N) is 2. The van der Waals surface area contributed by atoms with Crippen LogP contribution in [0.4, 0.5) is 18.4 Å². The van der Waals surface area contributed by atoms with Crippen LogP contribution in [0.3, 0.4) is 0 Å². The summed E-state index contributed by atoms with van der Waals surface area (Å²) < 4.78 is 74.1. The number of nitrogens with zero attached hydrogens (tertiary/aromatic N) is 1. The molecule has 3 amide bonds. The standard InChI is InChI=1S/C53H79F2N3O13S2/c1-7-12-46-70-44-29-38-39-28-41(54)40-27-34(59)15-16-50(40,4)52(39,55)42(60)30-51(38,5)53(44,71-46)43(61)33-69-48(64)58(6)19-26-72-73-49(2,3)31-45(62)56-17-20-65-22-24-67-25-23-66-21-18-57-47(63)68-32-37-35-13-10-8-9-11-14-36(35)37/h8-9,15-16,27,35-39,41-42,44,46,60H,7,10-14,17-26,28-33H2,1-6H3,(H,56,62)(H,57,63)/b9-8-/t35-,36+,37?,38?,39-,41-,42-,44+,46?,50-,51-,52-,53+/m0/s1. The van der Waals surface area contributed by atoms with Crippen LogP contribution in [-0.4, -0.2) is 166 Å². The van der Waals surface area contributed by atoms with Gasteiger partial charge in [-0.05, 0) is 114 Å². The zero-order valence-electron chi connectivity index (χ0n) is 43.5. The Morgan fingerprint density at radius 1 is 0.945 bits per heavy atom. The lowest BCUT2D eigenvalue weighted by molar-refractivity contribution is -0.234. The molecule has 73 heavy (non-hydrogen) atoms. The fraction of sp³-hybridized carbons (Fsp3) is 0.792. The summed E-state index contributed by atoms with van der Waals surface area (Å²) in [6, 6.07) is 0. The third kappa shape index (κ3) is 12.7. The number of alkyl halides is 2. The molecular formula is C53H79F2N3O13S2. The van der Waals surface area contributed by atoms with Crippen molar-refractivity contribution in [2.45, 2.75) is 140 Å². The zero-order chi connectivity index (χ0) is 52.6. The lowest BCUT2D eigenvalue weighted by atomic mass is 9.44. The van der Waals surface area contributed by atoms with E-state index in [1.807, 2.05) is 20.8 Å². The number of alkyl carbamates (subject to hydrolysis) is 1. The molecule has 1 saturated heterocycles. The van der Waals surface area contributed by atoms with Crippen molar-refractivity contribution in [3.63, 3.8) is 0 Å². The highest BCUT2D eigenvalue weighted by atomic mass is 33.1. The lowest BCUT2D eigenvalue weighted by Crippen LogP contribution is -2.71. The number of carbonyl (C=O) groups is 5. The minimum Gasteiger partial charge on any atom is -0.449 e. The minimum atomic E-state index is -2.33. The normalized spacial score (nSPS) is 35.4. The predicted octanol–water partition coefficient (Wildman–Crippen LogP) is 7.27. The summed E-state index contributed by atoms with van der Waals surface area (Å²) in [5.74, 6) is -0.404. The number of halogens is 2. The van der Waals surface area contributed by atoms with Crippen LogP contribution in [0.25, 0.3) is 0 Å². The van der Waals surface area contributed by atoms with E-state index in [0.29, 0.717) is 95.7 Å². The number of Topliss-reactive ketones (excluding diaryl/α,β-unsaturated/α-hetero) is 1. The van der Waals surface area contributed by atoms with Crippen LogP contribution in [0.15, 0.2) is 36.0 Å². The molecule has 1 heterocycles. The van der Waals surface area contributed by atoms with Gasteiger partial charge in [-0.3, -0.25) is 14.4 Å². The number of hydrogen-bond acceptors (Lipinski definition) is 15. The highest BCUT2D eigenvalue weighted by Gasteiger charge is 2.80. The summed E-state index contributed by atoms with van der Waals surface area (Å²) in [5, 5.41) is 17.5. The number of fused-ring (bicyclic) bond motifs is 8. The van der Waals surface area contributed by atoms with Gasteiger partial charge in [0.15, 0.2) is 29.9 Å². The van der Waals surface area contributed by atoms with Gasteiger partial charge in [-0.15, -0.1) is 0 Å². The van der Waals surface area contributed by atoms with Gasteiger partial charge in [-0.2, -0.15) is 0 Å². The van der Waals surface area contributed by atoms with Crippen molar-refractivity contribution < 1.29 is 71.0 Å². The number of amides is 3. The summed E-state index contributed by atoms with van der Waals surface area (Å²) in [5.41, 5.74) is -6.78. The van der Waals surface area contributed by atoms with Gasteiger partial charge in [0.1, 0.15) is 6.17 Å². The molecule has 13 atom stereocenters. The second-order valence-electron chi connectivity index (χ2n) is 21.9. The molecule has 0 spiro atoms. The molecule has 4 saturated carbocycles. The molecule has 0 bridgehead atoms. The van der Waals surface area contributed by atoms with E-state index in [-0.39, 0.29) is 43.7 Å². The van der Waals surface area contributed by atoms with E-state index in [4.69, 9.17) is 33.2 Å². The van der Waals surface area contributed by atoms with Crippen molar-refractivity contribution in [1.82, 2.24) is 15.5 Å². The largest absolute Gasteiger partial charge is 0.449 e. The Bertz CT molecular complexity index is 2050. The van der Waals surface area contributed by atoms with Crippen molar-refractivity contribution in [1.29, 1.82) is 0 Å². The number of allylic oxidation sites excluding steroid dienone is 6. The monoisotopic (exact) mass is 1070 g/mol. The van der Waals surface area contributed by atoms with E-state index in [1.165, 1.54) is 58.4 Å². The van der Waals surface area contributed by atoms with E-state index in [9.17, 15) is 29.1 Å². The molecule has 1 aliphatic heterocycles. The quantitative estimate of drug-likeness (QED) is 0.0444. The van der Waals surface area contributed by atoms with Gasteiger partial charge >= 0.3 is 12.2 Å². The Hall–Kier alpha value is -3.11. The second-order valence-corrected chi connectivity index (χ2v) is 25.0. The van der Waals surface area contributed by atoms with Gasteiger partial charge in [0.2, 0.25) is 11.7 Å². The van der Waals surface area contributed by atoms with Crippen LogP contribution in [-0.2, 0) is 47.5 Å². The molecule has 0 aromatic heterocycles. The van der Waals surface area contributed by atoms with Crippen LogP contribution >= 0.6 is 21.6 Å². The van der Waals surface area contributed by atoms with Gasteiger partial charge < -0.3 is 53.8 Å². The van der Waals surface area contributed by atoms with E-state index in [1.54, 1.807) is 14.0 Å². The first-order valence-electron chi connectivity index (χ1n) is 26.4. The Morgan fingerprint density at radius 2 is 1.60 bits per heavy atom. The summed E-state index contributed by atoms with van der Waals surface area (Å²) in [7, 11) is 4.58. The maximum Gasteiger partial charge on any atom is 0.409 e. The highest BCUT2D eigenvalue weighted by Crippen LogP contribution is 2.72. The summed E-state index contributed by atoms with van der Waals surface area (Å²) in [6.45, 7) is 12.2. The molecule has 0 aromatic rings. The molecule has 20 heteroatoms. The fourth-order valence-corrected chi connectivity index (χ4v) is 15.4. The number of aliphatic hydroxyl groups is 1. The molecular weight excluding hydrogens is 989 g/mol. The summed E-state index contributed by atoms with van der Waals surface area (Å²) >= 11 is 0. The van der Waals surface area contributed by atoms with Gasteiger partial charge in [0.05, 0.1) is 58.5 Å². The van der Waals surface area contributed by atoms with Crippen LogP contribution in [0, 0.1) is 40.4 Å². The van der Waals surface area contributed by atoms with Gasteiger partial charge in [0, 0.05) is 60.4 Å². The van der Waals surface area contributed by atoms with Crippen molar-refractivity contribution in [3.05, 3.63) is 36.0 Å². The highest BCUT2D eigenvalue weighted by molar-refractivity contribution is 8.77. The van der Waals surface area contributed by atoms with E-state index >= 15 is 8.78 Å². The number of ether oxygens (including phenoxy) is 7. The zero-order valence-corrected chi connectivity index (χ0v) is 45.1. The van der Waals surface area contributed by atoms with Crippen LogP contribution < -0.4 is 10.6 Å². The van der Waals surface area contributed by atoms with E-state index in [0.717, 1.165) is 18.9 Å². The Kier molecular flexibility index (Phi) is 19.7. The first kappa shape index (κ1) is 57.6. The van der Waals surface area contributed by atoms with Crippen LogP contribution in [0.5, 0.6) is 0 Å². The molecule has 0 aromatic carbocycles. The van der Waals surface area contributed by atoms with Crippen molar-refractivity contribution in [2.24, 2.45) is 40.4 Å². The maximum absolute atomic E-state index is 17.8. The number of hydrogen-bond donors (Lipinski definition) is 3. The van der Waals surface area contributed by atoms with E-state index in [2.05, 4.69) is 22.8 Å². The Balaban J connectivity index is 0.740. The van der Waals surface area contributed by atoms with Gasteiger partial charge in [0.25, 0.3) is 0 Å². The first-order valence-corrected chi connectivity index (χ1v) is 28.7. The molecule has 6 aliphatic carbocycles. The van der Waals surface area contributed by atoms with E-state index < -0.39 is 93.7 Å². The summed E-state index contributed by atoms with van der Waals surface area (Å²) in [4.78, 5) is 66.3. The molecule has 3 N–H and O–H groups in total. The topological polar surface area (TPSA) is 197 Å². The van der Waals surface area contributed by atoms with Gasteiger partial charge in [-0.1, -0.05) is 60.1 Å². The van der Waals surface area contributed by atoms with Crippen LogP contribution in [0.1, 0.15) is 98.8 Å². The molecule has 410 valence electrons. The lowest BCUT2D eigenvalue weighted by Gasteiger charge is -2.63. The number of carbonyl (C=O) groups excluding carboxylic acids is 5. The average Bonchev–Trinajstić information content (AvgIpc) is 3.72. The average molecular weight is 1070 g/mol. The molecule has 5 fully saturated rings. The SMILES string of the molecule is CCCC1O[C@@H]2CC3[C@@H]4C[C@H](F)C5=CC(=O)C=C[C@]5(C)[C@@]4(F)[C@@H](O)C[C@]3(C)[C@]2(C(=O)COC(=O)N(C)CCSSC(C)(C)CC(=O)NCCOCCOCCOCCNC(=O)OCC2[C@H]3CC/C=C\CC[C@@H]23)O1. The van der Waals surface area contributed by atoms with Crippen molar-refractivity contribution in [3.8, 4) is 0 Å². The smallest absolute Gasteiger partial charge is 0.409 e. The van der Waals surface area contributed by atoms with Crippen LogP contribution in [0.2, 0.25) is 0 Å². The molecule has 0 radical (unpaired) electrons. The second kappa shape index (κ2) is 24.9. The minimum absolute atomic E-state index is 0.0176. The van der Waals surface area contributed by atoms with Crippen molar-refractivity contribution in [2.75, 3.05) is 85.3 Å². The third-order valence-corrected chi connectivity index (χ3v) is 19.9.